The van der Waals surface area contributed by atoms with Gasteiger partial charge in [0.1, 0.15) is 17.5 Å². The largest absolute Gasteiger partial charge is 0.293 e. The van der Waals surface area contributed by atoms with Gasteiger partial charge in [0.2, 0.25) is 0 Å². The Morgan fingerprint density at radius 3 is 2.94 bits per heavy atom. The Bertz CT molecular complexity index is 589. The van der Waals surface area contributed by atoms with Crippen molar-refractivity contribution in [2.75, 3.05) is 13.1 Å². The molecular formula is C11H12N6O. The third kappa shape index (κ3) is 1.87. The number of hydrogen-bond donors (Lipinski definition) is 0. The first kappa shape index (κ1) is 10.9. The molecule has 7 heteroatoms. The van der Waals surface area contributed by atoms with Crippen LogP contribution in [0.25, 0.3) is 0 Å². The normalized spacial score (nSPS) is 16.4. The Morgan fingerprint density at radius 2 is 2.33 bits per heavy atom. The van der Waals surface area contributed by atoms with Crippen molar-refractivity contribution in [2.24, 2.45) is 0 Å². The quantitative estimate of drug-likeness (QED) is 0.781. The highest BCUT2D eigenvalue weighted by Gasteiger charge is 2.29. The van der Waals surface area contributed by atoms with E-state index in [2.05, 4.69) is 31.0 Å². The lowest BCUT2D eigenvalue weighted by Gasteiger charge is -2.38. The van der Waals surface area contributed by atoms with Gasteiger partial charge in [-0.3, -0.25) is 9.58 Å². The van der Waals surface area contributed by atoms with Crippen LogP contribution >= 0.6 is 0 Å². The van der Waals surface area contributed by atoms with Crippen molar-refractivity contribution in [3.8, 4) is 6.07 Å². The molecule has 3 heterocycles. The molecule has 3 rings (SSSR count). The average molecular weight is 244 g/mol. The van der Waals surface area contributed by atoms with Gasteiger partial charge in [0.15, 0.2) is 0 Å². The highest BCUT2D eigenvalue weighted by Crippen LogP contribution is 2.22. The highest BCUT2D eigenvalue weighted by molar-refractivity contribution is 5.22. The first-order valence-corrected chi connectivity index (χ1v) is 5.71. The molecule has 1 aliphatic rings. The molecule has 92 valence electrons. The molecule has 0 spiro atoms. The summed E-state index contributed by atoms with van der Waals surface area (Å²) < 4.78 is 6.51. The first-order valence-electron chi connectivity index (χ1n) is 5.71. The van der Waals surface area contributed by atoms with Crippen LogP contribution in [-0.2, 0) is 6.54 Å². The molecule has 18 heavy (non-hydrogen) atoms. The van der Waals surface area contributed by atoms with Gasteiger partial charge in [0, 0.05) is 25.8 Å². The van der Waals surface area contributed by atoms with Crippen molar-refractivity contribution >= 4 is 0 Å². The first-order chi connectivity index (χ1) is 8.76. The molecule has 2 aromatic rings. The lowest BCUT2D eigenvalue weighted by molar-refractivity contribution is 0.0880. The van der Waals surface area contributed by atoms with Crippen molar-refractivity contribution in [1.29, 1.82) is 5.26 Å². The highest BCUT2D eigenvalue weighted by atomic mass is 16.6. The SMILES string of the molecule is Cc1nonc1CN1CC(n2cc(C#N)cn2)C1. The summed E-state index contributed by atoms with van der Waals surface area (Å²) in [7, 11) is 0. The summed E-state index contributed by atoms with van der Waals surface area (Å²) in [6.45, 7) is 4.44. The second-order valence-electron chi connectivity index (χ2n) is 4.47. The van der Waals surface area contributed by atoms with Crippen LogP contribution in [-0.4, -0.2) is 38.1 Å². The maximum Gasteiger partial charge on any atom is 0.122 e. The van der Waals surface area contributed by atoms with Crippen LogP contribution in [0, 0.1) is 18.3 Å². The lowest BCUT2D eigenvalue weighted by Crippen LogP contribution is -2.47. The summed E-state index contributed by atoms with van der Waals surface area (Å²) in [5.74, 6) is 0. The standard InChI is InChI=1S/C11H12N6O/c1-8-11(15-18-14-8)7-16-5-10(6-16)17-4-9(2-12)3-13-17/h3-4,10H,5-7H2,1H3. The van der Waals surface area contributed by atoms with Gasteiger partial charge in [-0.25, -0.2) is 4.63 Å². The Kier molecular flexibility index (Phi) is 2.57. The molecule has 1 fully saturated rings. The minimum Gasteiger partial charge on any atom is -0.293 e. The van der Waals surface area contributed by atoms with E-state index >= 15 is 0 Å². The fraction of sp³-hybridized carbons (Fsp3) is 0.455. The zero-order chi connectivity index (χ0) is 12.5. The van der Waals surface area contributed by atoms with Gasteiger partial charge in [-0.2, -0.15) is 10.4 Å². The molecule has 0 radical (unpaired) electrons. The molecule has 0 amide bonds. The zero-order valence-electron chi connectivity index (χ0n) is 9.94. The van der Waals surface area contributed by atoms with Crippen molar-refractivity contribution in [3.63, 3.8) is 0 Å². The number of aryl methyl sites for hydroxylation is 1. The minimum atomic E-state index is 0.340. The maximum atomic E-state index is 8.74. The van der Waals surface area contributed by atoms with E-state index in [0.29, 0.717) is 11.6 Å². The number of aromatic nitrogens is 4. The number of rotatable bonds is 3. The Morgan fingerprint density at radius 1 is 1.50 bits per heavy atom. The molecule has 0 atom stereocenters. The van der Waals surface area contributed by atoms with Gasteiger partial charge in [0.25, 0.3) is 0 Å². The van der Waals surface area contributed by atoms with Crippen LogP contribution in [0.5, 0.6) is 0 Å². The maximum absolute atomic E-state index is 8.74. The monoisotopic (exact) mass is 244 g/mol. The summed E-state index contributed by atoms with van der Waals surface area (Å²) >= 11 is 0. The van der Waals surface area contributed by atoms with Gasteiger partial charge in [-0.1, -0.05) is 10.3 Å². The molecule has 7 nitrogen and oxygen atoms in total. The van der Waals surface area contributed by atoms with Crippen LogP contribution in [0.4, 0.5) is 0 Å². The Hall–Kier alpha value is -2.20. The van der Waals surface area contributed by atoms with E-state index in [1.54, 1.807) is 12.4 Å². The van der Waals surface area contributed by atoms with Gasteiger partial charge in [-0.05, 0) is 6.92 Å². The average Bonchev–Trinajstić information content (AvgIpc) is 2.92. The van der Waals surface area contributed by atoms with Gasteiger partial charge < -0.3 is 0 Å². The topological polar surface area (TPSA) is 83.8 Å². The smallest absolute Gasteiger partial charge is 0.122 e. The number of hydrogen-bond acceptors (Lipinski definition) is 6. The third-order valence-corrected chi connectivity index (χ3v) is 3.16. The molecule has 0 saturated carbocycles. The van der Waals surface area contributed by atoms with Gasteiger partial charge in [0.05, 0.1) is 17.8 Å². The molecule has 0 aromatic carbocycles. The summed E-state index contributed by atoms with van der Waals surface area (Å²) in [4.78, 5) is 2.24. The summed E-state index contributed by atoms with van der Waals surface area (Å²) in [6.07, 6.45) is 3.37. The van der Waals surface area contributed by atoms with Crippen LogP contribution in [0.2, 0.25) is 0 Å². The predicted octanol–water partition coefficient (Wildman–Crippen LogP) is 0.503. The fourth-order valence-electron chi connectivity index (χ4n) is 2.04. The van der Waals surface area contributed by atoms with E-state index in [0.717, 1.165) is 31.0 Å². The molecule has 0 N–H and O–H groups in total. The third-order valence-electron chi connectivity index (χ3n) is 3.16. The summed E-state index contributed by atoms with van der Waals surface area (Å²) in [6, 6.07) is 2.42. The van der Waals surface area contributed by atoms with E-state index in [9.17, 15) is 0 Å². The van der Waals surface area contributed by atoms with Crippen LogP contribution < -0.4 is 0 Å². The van der Waals surface area contributed by atoms with Crippen molar-refractivity contribution in [3.05, 3.63) is 29.3 Å². The van der Waals surface area contributed by atoms with E-state index in [1.807, 2.05) is 11.6 Å². The van der Waals surface area contributed by atoms with Crippen LogP contribution in [0.1, 0.15) is 23.0 Å². The second-order valence-corrected chi connectivity index (χ2v) is 4.47. The van der Waals surface area contributed by atoms with E-state index in [4.69, 9.17) is 5.26 Å². The number of nitrogens with zero attached hydrogens (tertiary/aromatic N) is 6. The van der Waals surface area contributed by atoms with E-state index in [1.165, 1.54) is 0 Å². The van der Waals surface area contributed by atoms with Crippen LogP contribution in [0.3, 0.4) is 0 Å². The molecule has 0 aliphatic carbocycles. The zero-order valence-corrected chi connectivity index (χ0v) is 9.94. The van der Waals surface area contributed by atoms with Crippen LogP contribution in [0.15, 0.2) is 17.0 Å². The second kappa shape index (κ2) is 4.23. The number of likely N-dealkylation sites (tertiary alicyclic amines) is 1. The van der Waals surface area contributed by atoms with Crippen molar-refractivity contribution < 1.29 is 4.63 Å². The van der Waals surface area contributed by atoms with E-state index < -0.39 is 0 Å². The van der Waals surface area contributed by atoms with Crippen molar-refractivity contribution in [2.45, 2.75) is 19.5 Å². The fourth-order valence-corrected chi connectivity index (χ4v) is 2.04. The molecule has 0 bridgehead atoms. The Labute approximate surface area is 104 Å². The Balaban J connectivity index is 1.57. The van der Waals surface area contributed by atoms with Gasteiger partial charge in [-0.15, -0.1) is 0 Å². The molecule has 2 aromatic heterocycles. The van der Waals surface area contributed by atoms with Crippen molar-refractivity contribution in [1.82, 2.24) is 25.0 Å². The number of nitriles is 1. The predicted molar refractivity (Wildman–Crippen MR) is 60.3 cm³/mol. The summed E-state index contributed by atoms with van der Waals surface area (Å²) in [5, 5.41) is 20.5. The lowest BCUT2D eigenvalue weighted by atomic mass is 10.1. The van der Waals surface area contributed by atoms with E-state index in [-0.39, 0.29) is 0 Å². The van der Waals surface area contributed by atoms with Gasteiger partial charge >= 0.3 is 0 Å². The molecule has 0 unspecified atom stereocenters. The summed E-state index contributed by atoms with van der Waals surface area (Å²) in [5.41, 5.74) is 2.32. The minimum absolute atomic E-state index is 0.340. The molecular weight excluding hydrogens is 232 g/mol. The molecule has 1 saturated heterocycles. The molecule has 1 aliphatic heterocycles.